The van der Waals surface area contributed by atoms with Crippen molar-refractivity contribution in [2.45, 2.75) is 38.2 Å². The molecule has 0 spiro atoms. The largest absolute Gasteiger partial charge is 0.496 e. The molecule has 2 aromatic rings. The second kappa shape index (κ2) is 6.20. The van der Waals surface area contributed by atoms with Crippen LogP contribution in [0.2, 0.25) is 0 Å². The third-order valence-electron chi connectivity index (χ3n) is 4.05. The Morgan fingerprint density at radius 2 is 2.00 bits per heavy atom. The van der Waals surface area contributed by atoms with Crippen molar-refractivity contribution in [1.82, 2.24) is 0 Å². The standard InChI is InChI=1S/C19H22O2/c1-5-9-16(19(3,20)6-2)18-15-11-8-7-10-14(15)12-13-17(18)21-4/h2,7-8,10-13,16,20H,5,9H2,1,3-4H3. The fraction of sp³-hybridized carbons (Fsp3) is 0.368. The predicted molar refractivity (Wildman–Crippen MR) is 87.6 cm³/mol. The van der Waals surface area contributed by atoms with Gasteiger partial charge in [-0.25, -0.2) is 0 Å². The first-order valence-corrected chi connectivity index (χ1v) is 7.31. The minimum atomic E-state index is -1.20. The second-order valence-electron chi connectivity index (χ2n) is 5.54. The van der Waals surface area contributed by atoms with Crippen LogP contribution in [0.15, 0.2) is 36.4 Å². The van der Waals surface area contributed by atoms with E-state index in [1.54, 1.807) is 14.0 Å². The van der Waals surface area contributed by atoms with Gasteiger partial charge in [0.1, 0.15) is 11.4 Å². The molecule has 0 aliphatic rings. The predicted octanol–water partition coefficient (Wildman–Crippen LogP) is 4.12. The van der Waals surface area contributed by atoms with Crippen molar-refractivity contribution < 1.29 is 9.84 Å². The zero-order valence-corrected chi connectivity index (χ0v) is 12.9. The van der Waals surface area contributed by atoms with E-state index in [1.807, 2.05) is 24.3 Å². The Labute approximate surface area is 126 Å². The van der Waals surface area contributed by atoms with Crippen LogP contribution in [0.4, 0.5) is 0 Å². The Bertz CT molecular complexity index is 665. The van der Waals surface area contributed by atoms with Crippen LogP contribution >= 0.6 is 0 Å². The van der Waals surface area contributed by atoms with Gasteiger partial charge in [-0.1, -0.05) is 49.6 Å². The summed E-state index contributed by atoms with van der Waals surface area (Å²) < 4.78 is 5.54. The SMILES string of the molecule is C#CC(C)(O)C(CCC)c1c(OC)ccc2ccccc12. The molecule has 2 heteroatoms. The molecule has 0 bridgehead atoms. The van der Waals surface area contributed by atoms with E-state index in [0.717, 1.165) is 34.9 Å². The zero-order valence-electron chi connectivity index (χ0n) is 12.9. The van der Waals surface area contributed by atoms with Gasteiger partial charge in [-0.3, -0.25) is 0 Å². The number of terminal acetylenes is 1. The molecule has 0 heterocycles. The van der Waals surface area contributed by atoms with Gasteiger partial charge in [-0.15, -0.1) is 6.42 Å². The van der Waals surface area contributed by atoms with Crippen LogP contribution in [0.5, 0.6) is 5.75 Å². The second-order valence-corrected chi connectivity index (χ2v) is 5.54. The van der Waals surface area contributed by atoms with E-state index in [2.05, 4.69) is 25.0 Å². The molecule has 2 unspecified atom stereocenters. The van der Waals surface area contributed by atoms with Gasteiger partial charge in [0.25, 0.3) is 0 Å². The quantitative estimate of drug-likeness (QED) is 0.836. The monoisotopic (exact) mass is 282 g/mol. The van der Waals surface area contributed by atoms with Crippen molar-refractivity contribution in [3.8, 4) is 18.1 Å². The van der Waals surface area contributed by atoms with Crippen LogP contribution in [0.1, 0.15) is 38.2 Å². The Morgan fingerprint density at radius 1 is 1.29 bits per heavy atom. The summed E-state index contributed by atoms with van der Waals surface area (Å²) in [5.41, 5.74) is -0.201. The Kier molecular flexibility index (Phi) is 4.55. The van der Waals surface area contributed by atoms with E-state index < -0.39 is 5.60 Å². The molecular formula is C19H22O2. The van der Waals surface area contributed by atoms with Gasteiger partial charge >= 0.3 is 0 Å². The summed E-state index contributed by atoms with van der Waals surface area (Å²) in [5, 5.41) is 12.9. The Balaban J connectivity index is 2.74. The van der Waals surface area contributed by atoms with Crippen molar-refractivity contribution in [2.24, 2.45) is 0 Å². The summed E-state index contributed by atoms with van der Waals surface area (Å²) >= 11 is 0. The van der Waals surface area contributed by atoms with Crippen LogP contribution in [0.25, 0.3) is 10.8 Å². The average Bonchev–Trinajstić information content (AvgIpc) is 2.51. The summed E-state index contributed by atoms with van der Waals surface area (Å²) in [6.45, 7) is 3.80. The van der Waals surface area contributed by atoms with Crippen LogP contribution in [0, 0.1) is 12.3 Å². The molecule has 1 N–H and O–H groups in total. The van der Waals surface area contributed by atoms with Crippen LogP contribution < -0.4 is 4.74 Å². The molecule has 0 aliphatic heterocycles. The number of methoxy groups -OCH3 is 1. The number of benzene rings is 2. The molecule has 2 rings (SSSR count). The van der Waals surface area contributed by atoms with E-state index in [4.69, 9.17) is 11.2 Å². The van der Waals surface area contributed by atoms with Crippen molar-refractivity contribution in [1.29, 1.82) is 0 Å². The third-order valence-corrected chi connectivity index (χ3v) is 4.05. The molecule has 110 valence electrons. The van der Waals surface area contributed by atoms with E-state index in [-0.39, 0.29) is 5.92 Å². The highest BCUT2D eigenvalue weighted by Gasteiger charge is 2.33. The molecule has 2 atom stereocenters. The van der Waals surface area contributed by atoms with Gasteiger partial charge in [0.15, 0.2) is 0 Å². The maximum atomic E-state index is 10.7. The normalized spacial score (nSPS) is 15.2. The highest BCUT2D eigenvalue weighted by molar-refractivity contribution is 5.88. The number of hydrogen-bond acceptors (Lipinski definition) is 2. The summed E-state index contributed by atoms with van der Waals surface area (Å²) in [7, 11) is 1.65. The topological polar surface area (TPSA) is 29.5 Å². The van der Waals surface area contributed by atoms with Crippen molar-refractivity contribution in [2.75, 3.05) is 7.11 Å². The van der Waals surface area contributed by atoms with Crippen LogP contribution in [-0.4, -0.2) is 17.8 Å². The van der Waals surface area contributed by atoms with E-state index >= 15 is 0 Å². The lowest BCUT2D eigenvalue weighted by Gasteiger charge is -2.30. The summed E-state index contributed by atoms with van der Waals surface area (Å²) in [5.74, 6) is 3.16. The number of aliphatic hydroxyl groups is 1. The van der Waals surface area contributed by atoms with E-state index in [0.29, 0.717) is 0 Å². The molecule has 21 heavy (non-hydrogen) atoms. The first kappa shape index (κ1) is 15.4. The number of rotatable bonds is 5. The highest BCUT2D eigenvalue weighted by Crippen LogP contribution is 2.41. The lowest BCUT2D eigenvalue weighted by molar-refractivity contribution is 0.0857. The number of hydrogen-bond donors (Lipinski definition) is 1. The molecule has 0 amide bonds. The van der Waals surface area contributed by atoms with Gasteiger partial charge in [-0.05, 0) is 30.2 Å². The maximum absolute atomic E-state index is 10.7. The van der Waals surface area contributed by atoms with Crippen LogP contribution in [0.3, 0.4) is 0 Å². The Hall–Kier alpha value is -1.98. The first-order valence-electron chi connectivity index (χ1n) is 7.31. The lowest BCUT2D eigenvalue weighted by atomic mass is 9.78. The maximum Gasteiger partial charge on any atom is 0.129 e. The summed E-state index contributed by atoms with van der Waals surface area (Å²) in [4.78, 5) is 0. The van der Waals surface area contributed by atoms with Crippen molar-refractivity contribution >= 4 is 10.8 Å². The van der Waals surface area contributed by atoms with E-state index in [1.165, 1.54) is 0 Å². The van der Waals surface area contributed by atoms with Gasteiger partial charge in [-0.2, -0.15) is 0 Å². The molecule has 0 radical (unpaired) electrons. The summed E-state index contributed by atoms with van der Waals surface area (Å²) in [6.07, 6.45) is 7.32. The van der Waals surface area contributed by atoms with Gasteiger partial charge < -0.3 is 9.84 Å². The zero-order chi connectivity index (χ0) is 15.5. The molecule has 0 aliphatic carbocycles. The molecule has 2 aromatic carbocycles. The smallest absolute Gasteiger partial charge is 0.129 e. The Morgan fingerprint density at radius 3 is 2.62 bits per heavy atom. The number of fused-ring (bicyclic) bond motifs is 1. The first-order chi connectivity index (χ1) is 10.0. The van der Waals surface area contributed by atoms with Gasteiger partial charge in [0.05, 0.1) is 7.11 Å². The third kappa shape index (κ3) is 2.89. The van der Waals surface area contributed by atoms with Gasteiger partial charge in [0.2, 0.25) is 0 Å². The fourth-order valence-electron chi connectivity index (χ4n) is 2.91. The minimum absolute atomic E-state index is 0.159. The number of ether oxygens (including phenoxy) is 1. The molecule has 2 nitrogen and oxygen atoms in total. The van der Waals surface area contributed by atoms with Crippen LogP contribution in [-0.2, 0) is 0 Å². The molecule has 0 aromatic heterocycles. The lowest BCUT2D eigenvalue weighted by Crippen LogP contribution is -2.31. The molecule has 0 saturated carbocycles. The average molecular weight is 282 g/mol. The van der Waals surface area contributed by atoms with Crippen molar-refractivity contribution in [3.05, 3.63) is 42.0 Å². The van der Waals surface area contributed by atoms with E-state index in [9.17, 15) is 5.11 Å². The highest BCUT2D eigenvalue weighted by atomic mass is 16.5. The summed E-state index contributed by atoms with van der Waals surface area (Å²) in [6, 6.07) is 12.1. The fourth-order valence-corrected chi connectivity index (χ4v) is 2.91. The molecule has 0 fully saturated rings. The molecule has 0 saturated heterocycles. The van der Waals surface area contributed by atoms with Crippen molar-refractivity contribution in [3.63, 3.8) is 0 Å². The van der Waals surface area contributed by atoms with Gasteiger partial charge in [0, 0.05) is 11.5 Å². The molecular weight excluding hydrogens is 260 g/mol. The minimum Gasteiger partial charge on any atom is -0.496 e.